The molecule has 0 aliphatic carbocycles. The van der Waals surface area contributed by atoms with E-state index in [1.165, 1.54) is 12.1 Å². The number of amides is 3. The Morgan fingerprint density at radius 3 is 2.64 bits per heavy atom. The van der Waals surface area contributed by atoms with Crippen LogP contribution in [-0.4, -0.2) is 35.0 Å². The van der Waals surface area contributed by atoms with Gasteiger partial charge in [-0.2, -0.15) is 0 Å². The molecule has 0 aromatic heterocycles. The second-order valence-corrected chi connectivity index (χ2v) is 7.87. The second-order valence-electron chi connectivity index (χ2n) is 6.02. The second kappa shape index (κ2) is 9.16. The van der Waals surface area contributed by atoms with E-state index in [0.717, 1.165) is 22.2 Å². The summed E-state index contributed by atoms with van der Waals surface area (Å²) in [6.07, 6.45) is 1.75. The van der Waals surface area contributed by atoms with Crippen molar-refractivity contribution in [1.29, 1.82) is 0 Å². The number of hydrogen-bond acceptors (Lipinski definition) is 4. The molecule has 1 N–H and O–H groups in total. The van der Waals surface area contributed by atoms with E-state index >= 15 is 0 Å². The van der Waals surface area contributed by atoms with Crippen LogP contribution in [0.3, 0.4) is 0 Å². The summed E-state index contributed by atoms with van der Waals surface area (Å²) < 4.78 is 13.5. The summed E-state index contributed by atoms with van der Waals surface area (Å²) in [6, 6.07) is 13.6. The Balaban J connectivity index is 1.52. The number of nitrogens with zero attached hydrogens (tertiary/aromatic N) is 1. The van der Waals surface area contributed by atoms with Crippen molar-refractivity contribution in [2.45, 2.75) is 6.42 Å². The molecule has 1 aliphatic heterocycles. The van der Waals surface area contributed by atoms with Crippen LogP contribution in [0.5, 0.6) is 0 Å². The maximum Gasteiger partial charge on any atom is 0.293 e. The van der Waals surface area contributed by atoms with Crippen LogP contribution in [0.1, 0.15) is 11.1 Å². The Morgan fingerprint density at radius 2 is 1.93 bits per heavy atom. The fourth-order valence-corrected chi connectivity index (χ4v) is 3.89. The third-order valence-corrected chi connectivity index (χ3v) is 5.49. The van der Waals surface area contributed by atoms with Gasteiger partial charge in [-0.05, 0) is 57.0 Å². The highest BCUT2D eigenvalue weighted by atomic mass is 79.9. The average molecular weight is 463 g/mol. The molecule has 144 valence electrons. The molecule has 1 saturated heterocycles. The minimum atomic E-state index is -0.396. The van der Waals surface area contributed by atoms with Gasteiger partial charge in [0.1, 0.15) is 5.82 Å². The van der Waals surface area contributed by atoms with Crippen molar-refractivity contribution in [3.63, 3.8) is 0 Å². The first kappa shape index (κ1) is 20.3. The summed E-state index contributed by atoms with van der Waals surface area (Å²) in [6.45, 7) is 0.244. The molecule has 0 spiro atoms. The first-order chi connectivity index (χ1) is 13.4. The van der Waals surface area contributed by atoms with Crippen molar-refractivity contribution in [2.75, 3.05) is 13.1 Å². The van der Waals surface area contributed by atoms with Crippen molar-refractivity contribution in [3.8, 4) is 0 Å². The van der Waals surface area contributed by atoms with Crippen molar-refractivity contribution < 1.29 is 18.8 Å². The summed E-state index contributed by atoms with van der Waals surface area (Å²) >= 11 is 3.97. The van der Waals surface area contributed by atoms with E-state index in [1.54, 1.807) is 12.1 Å². The molecule has 28 heavy (non-hydrogen) atoms. The van der Waals surface area contributed by atoms with Crippen LogP contribution in [0.15, 0.2) is 57.9 Å². The van der Waals surface area contributed by atoms with Crippen molar-refractivity contribution in [3.05, 3.63) is 74.9 Å². The molecule has 1 fully saturated rings. The molecular weight excluding hydrogens is 447 g/mol. The van der Waals surface area contributed by atoms with E-state index in [0.29, 0.717) is 14.9 Å². The summed E-state index contributed by atoms with van der Waals surface area (Å²) in [5.74, 6) is -1.03. The van der Waals surface area contributed by atoms with Crippen LogP contribution < -0.4 is 5.32 Å². The van der Waals surface area contributed by atoms with E-state index in [4.69, 9.17) is 0 Å². The quantitative estimate of drug-likeness (QED) is 0.659. The molecule has 3 amide bonds. The summed E-state index contributed by atoms with van der Waals surface area (Å²) in [5.41, 5.74) is 1.49. The first-order valence-corrected chi connectivity index (χ1v) is 10.1. The summed E-state index contributed by atoms with van der Waals surface area (Å²) in [4.78, 5) is 38.0. The average Bonchev–Trinajstić information content (AvgIpc) is 2.93. The zero-order chi connectivity index (χ0) is 20.1. The minimum absolute atomic E-state index is 0.0781. The summed E-state index contributed by atoms with van der Waals surface area (Å²) in [5, 5.41) is 2.32. The fourth-order valence-electron chi connectivity index (χ4n) is 2.60. The highest BCUT2D eigenvalue weighted by Crippen LogP contribution is 2.31. The van der Waals surface area contributed by atoms with Crippen LogP contribution in [0.25, 0.3) is 6.08 Å². The molecular formula is C20H16BrFN2O3S. The van der Waals surface area contributed by atoms with Crippen LogP contribution in [0.2, 0.25) is 0 Å². The number of carbonyl (C=O) groups is 3. The third kappa shape index (κ3) is 5.08. The Bertz CT molecular complexity index is 950. The molecule has 1 aliphatic rings. The van der Waals surface area contributed by atoms with Gasteiger partial charge in [-0.15, -0.1) is 0 Å². The molecule has 8 heteroatoms. The third-order valence-electron chi connectivity index (χ3n) is 3.98. The number of thioether (sulfide) groups is 1. The molecule has 1 heterocycles. The normalized spacial score (nSPS) is 15.4. The molecule has 0 bridgehead atoms. The van der Waals surface area contributed by atoms with Crippen molar-refractivity contribution in [2.24, 2.45) is 0 Å². The van der Waals surface area contributed by atoms with E-state index in [-0.39, 0.29) is 36.6 Å². The number of nitrogens with one attached hydrogen (secondary N) is 1. The number of rotatable bonds is 6. The van der Waals surface area contributed by atoms with Gasteiger partial charge in [0.2, 0.25) is 5.91 Å². The van der Waals surface area contributed by atoms with Crippen LogP contribution in [0, 0.1) is 5.82 Å². The Morgan fingerprint density at radius 1 is 1.18 bits per heavy atom. The topological polar surface area (TPSA) is 66.5 Å². The lowest BCUT2D eigenvalue weighted by Crippen LogP contribution is -2.37. The maximum atomic E-state index is 13.2. The number of hydrogen-bond donors (Lipinski definition) is 1. The zero-order valence-corrected chi connectivity index (χ0v) is 17.1. The number of benzene rings is 2. The maximum absolute atomic E-state index is 13.2. The predicted molar refractivity (Wildman–Crippen MR) is 110 cm³/mol. The molecule has 3 rings (SSSR count). The Labute approximate surface area is 174 Å². The van der Waals surface area contributed by atoms with Crippen molar-refractivity contribution >= 4 is 50.8 Å². The van der Waals surface area contributed by atoms with Crippen molar-refractivity contribution in [1.82, 2.24) is 10.2 Å². The lowest BCUT2D eigenvalue weighted by atomic mass is 10.1. The van der Waals surface area contributed by atoms with Crippen LogP contribution in [0.4, 0.5) is 9.18 Å². The molecule has 0 unspecified atom stereocenters. The Hall–Kier alpha value is -2.45. The van der Waals surface area contributed by atoms with Crippen LogP contribution >= 0.6 is 27.7 Å². The molecule has 0 radical (unpaired) electrons. The predicted octanol–water partition coefficient (Wildman–Crippen LogP) is 3.98. The molecule has 0 saturated carbocycles. The molecule has 0 atom stereocenters. The van der Waals surface area contributed by atoms with Gasteiger partial charge in [-0.1, -0.05) is 36.4 Å². The van der Waals surface area contributed by atoms with Gasteiger partial charge >= 0.3 is 0 Å². The molecule has 2 aromatic rings. The van der Waals surface area contributed by atoms with Gasteiger partial charge in [0.15, 0.2) is 0 Å². The Kier molecular flexibility index (Phi) is 6.64. The van der Waals surface area contributed by atoms with Gasteiger partial charge < -0.3 is 5.32 Å². The monoisotopic (exact) mass is 462 g/mol. The SMILES string of the molecule is O=C(Cc1ccc(F)c(Br)c1)NCCN1C(=O)S/C(=C/c2ccccc2)C1=O. The highest BCUT2D eigenvalue weighted by Gasteiger charge is 2.34. The lowest BCUT2D eigenvalue weighted by molar-refractivity contribution is -0.124. The standard InChI is InChI=1S/C20H16BrFN2O3S/c21-15-10-14(6-7-16(15)22)12-18(25)23-8-9-24-19(26)17(28-20(24)27)11-13-4-2-1-3-5-13/h1-7,10-11H,8-9,12H2,(H,23,25)/b17-11+. The minimum Gasteiger partial charge on any atom is -0.354 e. The van der Waals surface area contributed by atoms with E-state index in [1.807, 2.05) is 30.3 Å². The number of imide groups is 1. The van der Waals surface area contributed by atoms with Gasteiger partial charge in [0.05, 0.1) is 15.8 Å². The summed E-state index contributed by atoms with van der Waals surface area (Å²) in [7, 11) is 0. The van der Waals surface area contributed by atoms with E-state index < -0.39 is 5.82 Å². The fraction of sp³-hybridized carbons (Fsp3) is 0.150. The first-order valence-electron chi connectivity index (χ1n) is 8.45. The van der Waals surface area contributed by atoms with E-state index in [2.05, 4.69) is 21.2 Å². The highest BCUT2D eigenvalue weighted by molar-refractivity contribution is 9.10. The number of carbonyl (C=O) groups excluding carboxylic acids is 3. The largest absolute Gasteiger partial charge is 0.354 e. The van der Waals surface area contributed by atoms with Gasteiger partial charge in [0, 0.05) is 13.1 Å². The van der Waals surface area contributed by atoms with Crippen LogP contribution in [-0.2, 0) is 16.0 Å². The molecule has 2 aromatic carbocycles. The molecule has 5 nitrogen and oxygen atoms in total. The van der Waals surface area contributed by atoms with Gasteiger partial charge in [-0.25, -0.2) is 4.39 Å². The van der Waals surface area contributed by atoms with E-state index in [9.17, 15) is 18.8 Å². The van der Waals surface area contributed by atoms with Gasteiger partial charge in [-0.3, -0.25) is 19.3 Å². The zero-order valence-electron chi connectivity index (χ0n) is 14.7. The lowest BCUT2D eigenvalue weighted by Gasteiger charge is -2.13. The number of halogens is 2. The smallest absolute Gasteiger partial charge is 0.293 e. The van der Waals surface area contributed by atoms with Gasteiger partial charge in [0.25, 0.3) is 11.1 Å².